The summed E-state index contributed by atoms with van der Waals surface area (Å²) < 4.78 is 1.99. The van der Waals surface area contributed by atoms with Crippen LogP contribution in [0, 0.1) is 5.92 Å². The van der Waals surface area contributed by atoms with Crippen molar-refractivity contribution in [2.45, 2.75) is 25.9 Å². The molecule has 1 fully saturated rings. The Labute approximate surface area is 134 Å². The van der Waals surface area contributed by atoms with Gasteiger partial charge >= 0.3 is 0 Å². The standard InChI is InChI=1S/C17H20N4O2/c22-16(10-20-17(23)15-4-5-15)19-9-13-2-1-3-14(8-13)11-21-7-6-18-12-21/h1-3,6-8,12,15H,4-5,9-11H2,(H,19,22)(H,20,23). The molecule has 1 saturated carbocycles. The second kappa shape index (κ2) is 7.09. The summed E-state index contributed by atoms with van der Waals surface area (Å²) >= 11 is 0. The van der Waals surface area contributed by atoms with Crippen molar-refractivity contribution in [3.63, 3.8) is 0 Å². The van der Waals surface area contributed by atoms with Gasteiger partial charge in [-0.15, -0.1) is 0 Å². The maximum atomic E-state index is 11.8. The van der Waals surface area contributed by atoms with E-state index in [4.69, 9.17) is 0 Å². The molecule has 6 nitrogen and oxygen atoms in total. The molecule has 1 aliphatic rings. The zero-order chi connectivity index (χ0) is 16.1. The van der Waals surface area contributed by atoms with E-state index in [9.17, 15) is 9.59 Å². The van der Waals surface area contributed by atoms with Crippen LogP contribution < -0.4 is 10.6 Å². The van der Waals surface area contributed by atoms with Gasteiger partial charge in [0.1, 0.15) is 0 Å². The Balaban J connectivity index is 1.45. The first-order valence-electron chi connectivity index (χ1n) is 7.78. The molecule has 120 valence electrons. The predicted octanol–water partition coefficient (Wildman–Crippen LogP) is 1.07. The zero-order valence-electron chi connectivity index (χ0n) is 12.9. The highest BCUT2D eigenvalue weighted by molar-refractivity contribution is 5.86. The molecule has 0 atom stereocenters. The van der Waals surface area contributed by atoms with E-state index in [1.807, 2.05) is 29.0 Å². The van der Waals surface area contributed by atoms with Gasteiger partial charge < -0.3 is 15.2 Å². The van der Waals surface area contributed by atoms with E-state index < -0.39 is 0 Å². The number of carbonyl (C=O) groups excluding carboxylic acids is 2. The zero-order valence-corrected chi connectivity index (χ0v) is 12.9. The summed E-state index contributed by atoms with van der Waals surface area (Å²) in [5.74, 6) is -0.0517. The molecule has 1 aliphatic carbocycles. The number of carbonyl (C=O) groups is 2. The van der Waals surface area contributed by atoms with Gasteiger partial charge in [-0.25, -0.2) is 4.98 Å². The third-order valence-electron chi connectivity index (χ3n) is 3.78. The van der Waals surface area contributed by atoms with Gasteiger partial charge in [-0.1, -0.05) is 24.3 Å². The number of amides is 2. The number of hydrogen-bond donors (Lipinski definition) is 2. The Bertz CT molecular complexity index is 678. The van der Waals surface area contributed by atoms with Crippen molar-refractivity contribution in [2.24, 2.45) is 5.92 Å². The molecule has 3 rings (SSSR count). The molecule has 0 radical (unpaired) electrons. The minimum Gasteiger partial charge on any atom is -0.350 e. The van der Waals surface area contributed by atoms with E-state index in [-0.39, 0.29) is 24.3 Å². The van der Waals surface area contributed by atoms with E-state index in [1.165, 1.54) is 0 Å². The molecule has 2 amide bonds. The number of hydrogen-bond acceptors (Lipinski definition) is 3. The molecular weight excluding hydrogens is 292 g/mol. The number of nitrogens with zero attached hydrogens (tertiary/aromatic N) is 2. The summed E-state index contributed by atoms with van der Waals surface area (Å²) in [5.41, 5.74) is 2.18. The average Bonchev–Trinajstić information content (AvgIpc) is 3.29. The molecule has 0 saturated heterocycles. The van der Waals surface area contributed by atoms with Crippen molar-refractivity contribution in [3.8, 4) is 0 Å². The maximum absolute atomic E-state index is 11.8. The number of imidazole rings is 1. The van der Waals surface area contributed by atoms with Crippen LogP contribution in [-0.2, 0) is 22.7 Å². The highest BCUT2D eigenvalue weighted by Gasteiger charge is 2.29. The fourth-order valence-electron chi connectivity index (χ4n) is 2.35. The molecule has 0 spiro atoms. The van der Waals surface area contributed by atoms with E-state index >= 15 is 0 Å². The third-order valence-corrected chi connectivity index (χ3v) is 3.78. The van der Waals surface area contributed by atoms with Crippen molar-refractivity contribution in [3.05, 3.63) is 54.1 Å². The van der Waals surface area contributed by atoms with Crippen LogP contribution in [0.3, 0.4) is 0 Å². The first kappa shape index (κ1) is 15.3. The Morgan fingerprint density at radius 2 is 2.04 bits per heavy atom. The van der Waals surface area contributed by atoms with Gasteiger partial charge in [0.05, 0.1) is 12.9 Å². The highest BCUT2D eigenvalue weighted by atomic mass is 16.2. The molecule has 0 unspecified atom stereocenters. The number of aromatic nitrogens is 2. The van der Waals surface area contributed by atoms with Crippen LogP contribution in [-0.4, -0.2) is 27.9 Å². The molecule has 2 N–H and O–H groups in total. The molecule has 1 aromatic heterocycles. The Hall–Kier alpha value is -2.63. The topological polar surface area (TPSA) is 76.0 Å². The molecule has 1 aromatic carbocycles. The fraction of sp³-hybridized carbons (Fsp3) is 0.353. The largest absolute Gasteiger partial charge is 0.350 e. The van der Waals surface area contributed by atoms with Gasteiger partial charge in [0.25, 0.3) is 0 Å². The van der Waals surface area contributed by atoms with Gasteiger partial charge in [-0.3, -0.25) is 9.59 Å². The van der Waals surface area contributed by atoms with Crippen LogP contribution in [0.25, 0.3) is 0 Å². The lowest BCUT2D eigenvalue weighted by molar-refractivity contribution is -0.126. The van der Waals surface area contributed by atoms with Gasteiger partial charge in [-0.2, -0.15) is 0 Å². The highest BCUT2D eigenvalue weighted by Crippen LogP contribution is 2.28. The maximum Gasteiger partial charge on any atom is 0.239 e. The van der Waals surface area contributed by atoms with Gasteiger partial charge in [0.2, 0.25) is 11.8 Å². The normalized spacial score (nSPS) is 13.6. The van der Waals surface area contributed by atoms with Crippen LogP contribution in [0.1, 0.15) is 24.0 Å². The summed E-state index contributed by atoms with van der Waals surface area (Å²) in [6.45, 7) is 1.25. The Morgan fingerprint density at radius 3 is 2.78 bits per heavy atom. The summed E-state index contributed by atoms with van der Waals surface area (Å²) in [6, 6.07) is 8.05. The molecular formula is C17H20N4O2. The lowest BCUT2D eigenvalue weighted by Gasteiger charge is -2.08. The van der Waals surface area contributed by atoms with Crippen LogP contribution in [0.5, 0.6) is 0 Å². The minimum atomic E-state index is -0.168. The van der Waals surface area contributed by atoms with Gasteiger partial charge in [0, 0.05) is 31.4 Å². The monoisotopic (exact) mass is 312 g/mol. The van der Waals surface area contributed by atoms with Crippen molar-refractivity contribution in [2.75, 3.05) is 6.54 Å². The Kier molecular flexibility index (Phi) is 4.71. The fourth-order valence-corrected chi connectivity index (χ4v) is 2.35. The molecule has 1 heterocycles. The van der Waals surface area contributed by atoms with E-state index in [2.05, 4.69) is 21.7 Å². The first-order chi connectivity index (χ1) is 11.2. The summed E-state index contributed by atoms with van der Waals surface area (Å²) in [7, 11) is 0. The lowest BCUT2D eigenvalue weighted by atomic mass is 10.1. The van der Waals surface area contributed by atoms with Crippen molar-refractivity contribution >= 4 is 11.8 Å². The van der Waals surface area contributed by atoms with Crippen LogP contribution in [0.4, 0.5) is 0 Å². The molecule has 0 bridgehead atoms. The van der Waals surface area contributed by atoms with E-state index in [1.54, 1.807) is 12.5 Å². The van der Waals surface area contributed by atoms with Crippen molar-refractivity contribution < 1.29 is 9.59 Å². The predicted molar refractivity (Wildman–Crippen MR) is 85.4 cm³/mol. The molecule has 2 aromatic rings. The smallest absolute Gasteiger partial charge is 0.239 e. The number of rotatable bonds is 7. The summed E-state index contributed by atoms with van der Waals surface area (Å²) in [6.07, 6.45) is 7.32. The average molecular weight is 312 g/mol. The molecule has 23 heavy (non-hydrogen) atoms. The SMILES string of the molecule is O=C(CNC(=O)C1CC1)NCc1cccc(Cn2ccnc2)c1. The van der Waals surface area contributed by atoms with Crippen LogP contribution in [0.2, 0.25) is 0 Å². The second-order valence-electron chi connectivity index (χ2n) is 5.82. The van der Waals surface area contributed by atoms with Crippen molar-refractivity contribution in [1.82, 2.24) is 20.2 Å². The first-order valence-corrected chi connectivity index (χ1v) is 7.78. The van der Waals surface area contributed by atoms with Crippen LogP contribution >= 0.6 is 0 Å². The second-order valence-corrected chi connectivity index (χ2v) is 5.82. The lowest BCUT2D eigenvalue weighted by Crippen LogP contribution is -2.37. The van der Waals surface area contributed by atoms with E-state index in [0.717, 1.165) is 30.5 Å². The summed E-state index contributed by atoms with van der Waals surface area (Å²) in [5, 5.41) is 5.49. The number of nitrogens with one attached hydrogen (secondary N) is 2. The van der Waals surface area contributed by atoms with Crippen molar-refractivity contribution in [1.29, 1.82) is 0 Å². The summed E-state index contributed by atoms with van der Waals surface area (Å²) in [4.78, 5) is 27.3. The molecule has 6 heteroatoms. The number of benzene rings is 1. The Morgan fingerprint density at radius 1 is 1.22 bits per heavy atom. The molecule has 0 aliphatic heterocycles. The van der Waals surface area contributed by atoms with Gasteiger partial charge in [0.15, 0.2) is 0 Å². The minimum absolute atomic E-state index is 0.0116. The quantitative estimate of drug-likeness (QED) is 0.803. The third kappa shape index (κ3) is 4.67. The van der Waals surface area contributed by atoms with Crippen LogP contribution in [0.15, 0.2) is 43.0 Å². The van der Waals surface area contributed by atoms with E-state index in [0.29, 0.717) is 6.54 Å². The van der Waals surface area contributed by atoms with Gasteiger partial charge in [-0.05, 0) is 24.0 Å².